The number of hydrogen-bond donors (Lipinski definition) is 0. The zero-order chi connectivity index (χ0) is 4.57. The van der Waals surface area contributed by atoms with Gasteiger partial charge in [0.2, 0.25) is 0 Å². The van der Waals surface area contributed by atoms with Gasteiger partial charge in [0, 0.05) is 9.75 Å². The molecule has 0 atom stereocenters. The summed E-state index contributed by atoms with van der Waals surface area (Å²) in [6.45, 7) is 4.30. The van der Waals surface area contributed by atoms with E-state index in [0.29, 0.717) is 0 Å². The molecule has 0 N–H and O–H groups in total. The summed E-state index contributed by atoms with van der Waals surface area (Å²) in [5.41, 5.74) is 0. The van der Waals surface area contributed by atoms with E-state index in [4.69, 9.17) is 0 Å². The van der Waals surface area contributed by atoms with Crippen molar-refractivity contribution in [3.63, 3.8) is 0 Å². The fraction of sp³-hybridized carbons (Fsp3) is 0.500. The topological polar surface area (TPSA) is 0 Å². The van der Waals surface area contributed by atoms with Crippen molar-refractivity contribution in [2.75, 3.05) is 0 Å². The lowest BCUT2D eigenvalue weighted by molar-refractivity contribution is 1.50. The first kappa shape index (κ1) is 4.34. The molecule has 0 aromatic carbocycles. The molecule has 1 aromatic heterocycles. The van der Waals surface area contributed by atoms with Crippen LogP contribution in [0.2, 0.25) is 0 Å². The first-order valence-corrected chi connectivity index (χ1v) is 3.97. The fourth-order valence-corrected chi connectivity index (χ4v) is 1.87. The quantitative estimate of drug-likeness (QED) is 0.459. The third-order valence-corrected chi connectivity index (χ3v) is 3.86. The van der Waals surface area contributed by atoms with Crippen LogP contribution in [0.3, 0.4) is 0 Å². The largest absolute Gasteiger partial charge is 0.0840 e. The summed E-state index contributed by atoms with van der Waals surface area (Å²) >= 11 is 0. The molecule has 0 spiro atoms. The van der Waals surface area contributed by atoms with Crippen LogP contribution in [0.5, 0.6) is 0 Å². The average molecular weight is 118 g/mol. The van der Waals surface area contributed by atoms with Crippen molar-refractivity contribution < 1.29 is 0 Å². The third-order valence-electron chi connectivity index (χ3n) is 0.787. The van der Waals surface area contributed by atoms with E-state index >= 15 is 0 Å². The molecule has 0 fully saturated rings. The van der Waals surface area contributed by atoms with Crippen molar-refractivity contribution in [2.45, 2.75) is 13.8 Å². The molecule has 2 heteroatoms. The highest BCUT2D eigenvalue weighted by Gasteiger charge is 1.92. The Hall–Kier alpha value is 0.180. The summed E-state index contributed by atoms with van der Waals surface area (Å²) in [5.74, 6) is 0. The zero-order valence-corrected chi connectivity index (χ0v) is 5.45. The highest BCUT2D eigenvalue weighted by Crippen LogP contribution is 2.25. The van der Waals surface area contributed by atoms with E-state index < -0.39 is 0 Å². The molecule has 0 aliphatic carbocycles. The van der Waals surface area contributed by atoms with E-state index in [2.05, 4.69) is 13.8 Å². The molecule has 6 heavy (non-hydrogen) atoms. The molecule has 0 aliphatic rings. The van der Waals surface area contributed by atoms with Gasteiger partial charge in [-0.05, 0) is 13.8 Å². The van der Waals surface area contributed by atoms with Crippen molar-refractivity contribution >= 4 is 20.7 Å². The van der Waals surface area contributed by atoms with Crippen molar-refractivity contribution in [2.24, 2.45) is 0 Å². The van der Waals surface area contributed by atoms with Gasteiger partial charge in [0.1, 0.15) is 0 Å². The van der Waals surface area contributed by atoms with E-state index in [0.717, 1.165) is 0 Å². The Morgan fingerprint density at radius 3 is 1.33 bits per heavy atom. The van der Waals surface area contributed by atoms with Gasteiger partial charge in [-0.1, -0.05) is 20.7 Å². The fourth-order valence-electron chi connectivity index (χ4n) is 0.208. The Labute approximate surface area is 44.8 Å². The molecule has 1 rings (SSSR count). The monoisotopic (exact) mass is 118 g/mol. The summed E-state index contributed by atoms with van der Waals surface area (Å²) in [4.78, 5) is 2.97. The first-order chi connectivity index (χ1) is 2.80. The minimum Gasteiger partial charge on any atom is -0.0840 e. The van der Waals surface area contributed by atoms with Crippen LogP contribution >= 0.6 is 20.7 Å². The molecular formula is C4H6S2. The van der Waals surface area contributed by atoms with Crippen LogP contribution in [-0.2, 0) is 0 Å². The van der Waals surface area contributed by atoms with Crippen molar-refractivity contribution in [3.05, 3.63) is 9.75 Å². The molecule has 0 unspecified atom stereocenters. The van der Waals surface area contributed by atoms with Crippen LogP contribution in [0.4, 0.5) is 0 Å². The Balaban J connectivity index is 2.87. The van der Waals surface area contributed by atoms with E-state index in [1.54, 1.807) is 0 Å². The smallest absolute Gasteiger partial charge is 0.0257 e. The standard InChI is InChI=1S/C4H6S2/c1-3-4(2)6-5-3/h1-2H3. The van der Waals surface area contributed by atoms with E-state index in [9.17, 15) is 0 Å². The molecule has 0 amide bonds. The van der Waals surface area contributed by atoms with Gasteiger partial charge >= 0.3 is 0 Å². The minimum absolute atomic E-state index is 1.49. The summed E-state index contributed by atoms with van der Waals surface area (Å²) in [6.07, 6.45) is 0. The van der Waals surface area contributed by atoms with Crippen molar-refractivity contribution in [1.82, 2.24) is 0 Å². The lowest BCUT2D eigenvalue weighted by Crippen LogP contribution is -1.69. The van der Waals surface area contributed by atoms with Crippen LogP contribution in [-0.4, -0.2) is 0 Å². The van der Waals surface area contributed by atoms with E-state index in [1.165, 1.54) is 9.75 Å². The lowest BCUT2D eigenvalue weighted by Gasteiger charge is -1.95. The number of rotatable bonds is 0. The Kier molecular flexibility index (Phi) is 0.979. The molecule has 0 saturated carbocycles. The molecule has 34 valence electrons. The van der Waals surface area contributed by atoms with Gasteiger partial charge in [0.15, 0.2) is 0 Å². The van der Waals surface area contributed by atoms with E-state index in [1.807, 2.05) is 20.7 Å². The predicted molar refractivity (Wildman–Crippen MR) is 31.7 cm³/mol. The second kappa shape index (κ2) is 1.35. The summed E-state index contributed by atoms with van der Waals surface area (Å²) < 4.78 is 0. The second-order valence-corrected chi connectivity index (χ2v) is 3.84. The Morgan fingerprint density at radius 1 is 1.00 bits per heavy atom. The van der Waals surface area contributed by atoms with Gasteiger partial charge < -0.3 is 0 Å². The summed E-state index contributed by atoms with van der Waals surface area (Å²) in [7, 11) is 3.73. The maximum absolute atomic E-state index is 2.15. The molecule has 0 radical (unpaired) electrons. The molecule has 0 nitrogen and oxygen atoms in total. The average Bonchev–Trinajstić information content (AvgIpc) is 1.61. The van der Waals surface area contributed by atoms with Crippen molar-refractivity contribution in [3.8, 4) is 0 Å². The van der Waals surface area contributed by atoms with Crippen LogP contribution in [0.1, 0.15) is 9.75 Å². The van der Waals surface area contributed by atoms with Crippen LogP contribution in [0, 0.1) is 13.8 Å². The van der Waals surface area contributed by atoms with Gasteiger partial charge in [0.25, 0.3) is 0 Å². The van der Waals surface area contributed by atoms with Crippen LogP contribution in [0.15, 0.2) is 0 Å². The molecule has 0 saturated heterocycles. The summed E-state index contributed by atoms with van der Waals surface area (Å²) in [6, 6.07) is 0. The van der Waals surface area contributed by atoms with Crippen LogP contribution in [0.25, 0.3) is 0 Å². The SMILES string of the molecule is Cc1ssc1C. The van der Waals surface area contributed by atoms with Crippen LogP contribution < -0.4 is 0 Å². The predicted octanol–water partition coefficient (Wildman–Crippen LogP) is 2.43. The molecule has 1 aromatic rings. The molecule has 0 aliphatic heterocycles. The van der Waals surface area contributed by atoms with Gasteiger partial charge in [-0.15, -0.1) is 0 Å². The van der Waals surface area contributed by atoms with E-state index in [-0.39, 0.29) is 0 Å². The maximum atomic E-state index is 2.15. The zero-order valence-electron chi connectivity index (χ0n) is 3.82. The summed E-state index contributed by atoms with van der Waals surface area (Å²) in [5, 5.41) is 0. The maximum Gasteiger partial charge on any atom is 0.0257 e. The van der Waals surface area contributed by atoms with Gasteiger partial charge in [-0.25, -0.2) is 0 Å². The Bertz CT molecular complexity index is 111. The lowest BCUT2D eigenvalue weighted by atomic mass is 10.5. The van der Waals surface area contributed by atoms with Gasteiger partial charge in [0.05, 0.1) is 0 Å². The number of hydrogen-bond acceptors (Lipinski definition) is 2. The number of aryl methyl sites for hydroxylation is 2. The second-order valence-electron chi connectivity index (χ2n) is 1.28. The first-order valence-electron chi connectivity index (χ1n) is 1.82. The van der Waals surface area contributed by atoms with Crippen molar-refractivity contribution in [1.29, 1.82) is 0 Å². The third kappa shape index (κ3) is 0.502. The molecule has 1 heterocycles. The highest BCUT2D eigenvalue weighted by atomic mass is 32.9. The van der Waals surface area contributed by atoms with Gasteiger partial charge in [-0.3, -0.25) is 0 Å². The minimum atomic E-state index is 1.49. The molecule has 0 bridgehead atoms. The normalized spacial score (nSPS) is 9.67. The highest BCUT2D eigenvalue weighted by molar-refractivity contribution is 7.72. The Morgan fingerprint density at radius 2 is 1.33 bits per heavy atom. The van der Waals surface area contributed by atoms with Gasteiger partial charge in [-0.2, -0.15) is 0 Å². The molecular weight excluding hydrogens is 112 g/mol.